The number of hydrogen-bond acceptors (Lipinski definition) is 2. The van der Waals surface area contributed by atoms with Gasteiger partial charge in [0.1, 0.15) is 6.17 Å². The van der Waals surface area contributed by atoms with Gasteiger partial charge in [0.05, 0.1) is 0 Å². The van der Waals surface area contributed by atoms with Crippen LogP contribution in [0.1, 0.15) is 84.5 Å². The van der Waals surface area contributed by atoms with Gasteiger partial charge in [0.25, 0.3) is 0 Å². The van der Waals surface area contributed by atoms with E-state index in [1.165, 1.54) is 77.2 Å². The van der Waals surface area contributed by atoms with Gasteiger partial charge in [-0.05, 0) is 19.3 Å². The predicted molar refractivity (Wildman–Crippen MR) is 89.5 cm³/mol. The van der Waals surface area contributed by atoms with Gasteiger partial charge >= 0.3 is 0 Å². The molecule has 0 N–H and O–H groups in total. The first kappa shape index (κ1) is 17.4. The van der Waals surface area contributed by atoms with Crippen molar-refractivity contribution >= 4 is 0 Å². The number of rotatable bonds is 12. The molecule has 0 saturated heterocycles. The molecule has 1 unspecified atom stereocenters. The fourth-order valence-electron chi connectivity index (χ4n) is 3.11. The Kier molecular flexibility index (Phi) is 9.61. The highest BCUT2D eigenvalue weighted by Crippen LogP contribution is 2.20. The van der Waals surface area contributed by atoms with Crippen LogP contribution in [0.4, 0.5) is 0 Å². The maximum absolute atomic E-state index is 2.50. The first-order valence-electron chi connectivity index (χ1n) is 8.95. The maximum Gasteiger partial charge on any atom is 0.100 e. The molecule has 1 heterocycles. The summed E-state index contributed by atoms with van der Waals surface area (Å²) in [4.78, 5) is 4.88. The second-order valence-electron chi connectivity index (χ2n) is 6.30. The second kappa shape index (κ2) is 11.0. The summed E-state index contributed by atoms with van der Waals surface area (Å²) < 4.78 is 0. The van der Waals surface area contributed by atoms with Gasteiger partial charge in [0, 0.05) is 26.0 Å². The third kappa shape index (κ3) is 6.67. The van der Waals surface area contributed by atoms with Gasteiger partial charge in [0.15, 0.2) is 0 Å². The highest BCUT2D eigenvalue weighted by atomic mass is 15.4. The fraction of sp³-hybridized carbons (Fsp3) is 0.889. The molecule has 0 saturated carbocycles. The quantitative estimate of drug-likeness (QED) is 0.444. The monoisotopic (exact) mass is 280 g/mol. The Balaban J connectivity index is 1.97. The van der Waals surface area contributed by atoms with E-state index >= 15 is 0 Å². The van der Waals surface area contributed by atoms with Crippen molar-refractivity contribution in [2.75, 3.05) is 13.6 Å². The molecule has 0 fully saturated rings. The second-order valence-corrected chi connectivity index (χ2v) is 6.30. The highest BCUT2D eigenvalue weighted by Gasteiger charge is 2.21. The summed E-state index contributed by atoms with van der Waals surface area (Å²) in [5, 5.41) is 0. The van der Waals surface area contributed by atoms with Gasteiger partial charge < -0.3 is 9.80 Å². The summed E-state index contributed by atoms with van der Waals surface area (Å²) in [7, 11) is 2.21. The van der Waals surface area contributed by atoms with E-state index in [9.17, 15) is 0 Å². The molecule has 0 aromatic rings. The molecule has 0 bridgehead atoms. The van der Waals surface area contributed by atoms with Crippen LogP contribution in [0.15, 0.2) is 12.4 Å². The Morgan fingerprint density at radius 1 is 0.750 bits per heavy atom. The zero-order valence-corrected chi connectivity index (χ0v) is 14.1. The minimum atomic E-state index is 0.625. The molecular weight excluding hydrogens is 244 g/mol. The molecule has 1 aliphatic heterocycles. The van der Waals surface area contributed by atoms with Gasteiger partial charge in [-0.25, -0.2) is 0 Å². The van der Waals surface area contributed by atoms with Gasteiger partial charge in [-0.1, -0.05) is 65.2 Å². The Morgan fingerprint density at radius 3 is 1.95 bits per heavy atom. The average Bonchev–Trinajstić information content (AvgIpc) is 2.79. The SMILES string of the molecule is CCCCCCCCCCCC1N(C)C=CN1CCC. The van der Waals surface area contributed by atoms with Crippen molar-refractivity contribution in [2.45, 2.75) is 90.6 Å². The minimum Gasteiger partial charge on any atom is -0.359 e. The van der Waals surface area contributed by atoms with Crippen LogP contribution in [0.25, 0.3) is 0 Å². The van der Waals surface area contributed by atoms with E-state index in [4.69, 9.17) is 0 Å². The first-order valence-corrected chi connectivity index (χ1v) is 8.95. The zero-order chi connectivity index (χ0) is 14.6. The van der Waals surface area contributed by atoms with E-state index in [-0.39, 0.29) is 0 Å². The molecule has 1 atom stereocenters. The Bertz CT molecular complexity index is 250. The minimum absolute atomic E-state index is 0.625. The Labute approximate surface area is 127 Å². The molecule has 0 radical (unpaired) electrons. The predicted octanol–water partition coefficient (Wildman–Crippen LogP) is 5.36. The van der Waals surface area contributed by atoms with Crippen molar-refractivity contribution in [1.82, 2.24) is 9.80 Å². The van der Waals surface area contributed by atoms with Crippen molar-refractivity contribution in [3.63, 3.8) is 0 Å². The standard InChI is InChI=1S/C18H36N2/c1-4-6-7-8-9-10-11-12-13-14-18-19(3)16-17-20(18)15-5-2/h16-18H,4-15H2,1-3H3. The molecule has 118 valence electrons. The van der Waals surface area contributed by atoms with Crippen molar-refractivity contribution in [3.8, 4) is 0 Å². The van der Waals surface area contributed by atoms with Crippen molar-refractivity contribution in [2.24, 2.45) is 0 Å². The molecule has 0 aliphatic carbocycles. The molecule has 1 aliphatic rings. The molecule has 1 rings (SSSR count). The van der Waals surface area contributed by atoms with Gasteiger partial charge in [-0.2, -0.15) is 0 Å². The van der Waals surface area contributed by atoms with Crippen LogP contribution in [0.5, 0.6) is 0 Å². The van der Waals surface area contributed by atoms with E-state index in [1.807, 2.05) is 0 Å². The van der Waals surface area contributed by atoms with Crippen molar-refractivity contribution < 1.29 is 0 Å². The Hall–Kier alpha value is -0.660. The summed E-state index contributed by atoms with van der Waals surface area (Å²) in [5.41, 5.74) is 0. The summed E-state index contributed by atoms with van der Waals surface area (Å²) in [6, 6.07) is 0. The summed E-state index contributed by atoms with van der Waals surface area (Å²) >= 11 is 0. The van der Waals surface area contributed by atoms with Crippen LogP contribution in [0.2, 0.25) is 0 Å². The summed E-state index contributed by atoms with van der Waals surface area (Å²) in [5.74, 6) is 0. The van der Waals surface area contributed by atoms with Crippen LogP contribution in [-0.2, 0) is 0 Å². The van der Waals surface area contributed by atoms with Gasteiger partial charge in [0.2, 0.25) is 0 Å². The van der Waals surface area contributed by atoms with Crippen LogP contribution in [0, 0.1) is 0 Å². The number of unbranched alkanes of at least 4 members (excludes halogenated alkanes) is 8. The molecule has 20 heavy (non-hydrogen) atoms. The molecule has 0 spiro atoms. The molecule has 2 nitrogen and oxygen atoms in total. The lowest BCUT2D eigenvalue weighted by molar-refractivity contribution is 0.161. The van der Waals surface area contributed by atoms with Crippen LogP contribution < -0.4 is 0 Å². The molecule has 0 amide bonds. The molecular formula is C18H36N2. The molecule has 2 heteroatoms. The normalized spacial score (nSPS) is 18.2. The van der Waals surface area contributed by atoms with Crippen LogP contribution in [0.3, 0.4) is 0 Å². The third-order valence-electron chi connectivity index (χ3n) is 4.39. The van der Waals surface area contributed by atoms with E-state index in [0.717, 1.165) is 0 Å². The number of nitrogens with zero attached hydrogens (tertiary/aromatic N) is 2. The van der Waals surface area contributed by atoms with Crippen molar-refractivity contribution in [3.05, 3.63) is 12.4 Å². The zero-order valence-electron chi connectivity index (χ0n) is 14.1. The van der Waals surface area contributed by atoms with E-state index < -0.39 is 0 Å². The number of hydrogen-bond donors (Lipinski definition) is 0. The third-order valence-corrected chi connectivity index (χ3v) is 4.39. The maximum atomic E-state index is 2.50. The van der Waals surface area contributed by atoms with E-state index in [1.54, 1.807) is 0 Å². The van der Waals surface area contributed by atoms with Gasteiger partial charge in [-0.15, -0.1) is 0 Å². The summed E-state index contributed by atoms with van der Waals surface area (Å²) in [6.07, 6.45) is 20.5. The molecule has 0 aromatic heterocycles. The fourth-order valence-corrected chi connectivity index (χ4v) is 3.11. The topological polar surface area (TPSA) is 6.48 Å². The summed E-state index contributed by atoms with van der Waals surface area (Å²) in [6.45, 7) is 5.75. The average molecular weight is 281 g/mol. The van der Waals surface area contributed by atoms with Crippen LogP contribution >= 0.6 is 0 Å². The van der Waals surface area contributed by atoms with Crippen LogP contribution in [-0.4, -0.2) is 29.6 Å². The highest BCUT2D eigenvalue weighted by molar-refractivity contribution is 4.95. The lowest BCUT2D eigenvalue weighted by atomic mass is 10.1. The van der Waals surface area contributed by atoms with E-state index in [0.29, 0.717) is 6.17 Å². The smallest absolute Gasteiger partial charge is 0.100 e. The lowest BCUT2D eigenvalue weighted by Crippen LogP contribution is -2.36. The van der Waals surface area contributed by atoms with Crippen molar-refractivity contribution in [1.29, 1.82) is 0 Å². The molecule has 0 aromatic carbocycles. The first-order chi connectivity index (χ1) is 9.79. The van der Waals surface area contributed by atoms with E-state index in [2.05, 4.69) is 43.1 Å². The van der Waals surface area contributed by atoms with Gasteiger partial charge in [-0.3, -0.25) is 0 Å². The Morgan fingerprint density at radius 2 is 1.35 bits per heavy atom. The lowest BCUT2D eigenvalue weighted by Gasteiger charge is -2.30. The largest absolute Gasteiger partial charge is 0.359 e.